The number of aryl methyl sites for hydroxylation is 1. The molecular formula is C20H24N2O2S. The van der Waals surface area contributed by atoms with Crippen molar-refractivity contribution in [2.75, 3.05) is 11.1 Å². The summed E-state index contributed by atoms with van der Waals surface area (Å²) in [5.74, 6) is 0.341. The third-order valence-corrected chi connectivity index (χ3v) is 4.64. The van der Waals surface area contributed by atoms with Gasteiger partial charge in [0.2, 0.25) is 11.8 Å². The maximum absolute atomic E-state index is 12.0. The van der Waals surface area contributed by atoms with E-state index in [0.717, 1.165) is 16.1 Å². The fourth-order valence-corrected chi connectivity index (χ4v) is 2.76. The van der Waals surface area contributed by atoms with Gasteiger partial charge in [-0.25, -0.2) is 0 Å². The predicted molar refractivity (Wildman–Crippen MR) is 104 cm³/mol. The normalized spacial score (nSPS) is 10.6. The Hall–Kier alpha value is -2.27. The van der Waals surface area contributed by atoms with Gasteiger partial charge in [-0.1, -0.05) is 43.7 Å². The molecule has 0 aliphatic heterocycles. The topological polar surface area (TPSA) is 58.2 Å². The van der Waals surface area contributed by atoms with E-state index in [4.69, 9.17) is 0 Å². The summed E-state index contributed by atoms with van der Waals surface area (Å²) in [4.78, 5) is 24.7. The Kier molecular flexibility index (Phi) is 7.07. The van der Waals surface area contributed by atoms with E-state index in [1.165, 1.54) is 17.3 Å². The SMILES string of the molecule is Cc1ccc(SCC(=O)NCc2ccc(NC(=O)C(C)C)cc2)cc1. The third-order valence-electron chi connectivity index (χ3n) is 3.63. The van der Waals surface area contributed by atoms with Gasteiger partial charge in [-0.05, 0) is 36.8 Å². The van der Waals surface area contributed by atoms with E-state index in [-0.39, 0.29) is 17.7 Å². The molecule has 2 rings (SSSR count). The van der Waals surface area contributed by atoms with Crippen molar-refractivity contribution in [3.8, 4) is 0 Å². The zero-order valence-corrected chi connectivity index (χ0v) is 15.7. The number of benzene rings is 2. The zero-order chi connectivity index (χ0) is 18.2. The van der Waals surface area contributed by atoms with Crippen molar-refractivity contribution in [2.24, 2.45) is 5.92 Å². The first-order valence-corrected chi connectivity index (χ1v) is 9.28. The number of rotatable bonds is 7. The molecule has 0 heterocycles. The lowest BCUT2D eigenvalue weighted by Gasteiger charge is -2.09. The molecule has 0 saturated carbocycles. The highest BCUT2D eigenvalue weighted by Crippen LogP contribution is 2.18. The van der Waals surface area contributed by atoms with Gasteiger partial charge in [0, 0.05) is 23.0 Å². The molecule has 0 bridgehead atoms. The van der Waals surface area contributed by atoms with Gasteiger partial charge in [-0.15, -0.1) is 11.8 Å². The number of amides is 2. The fourth-order valence-electron chi connectivity index (χ4n) is 2.03. The highest BCUT2D eigenvalue weighted by molar-refractivity contribution is 8.00. The van der Waals surface area contributed by atoms with Crippen LogP contribution in [0.2, 0.25) is 0 Å². The summed E-state index contributed by atoms with van der Waals surface area (Å²) in [7, 11) is 0. The Labute approximate surface area is 153 Å². The average molecular weight is 356 g/mol. The van der Waals surface area contributed by atoms with Crippen LogP contribution in [-0.4, -0.2) is 17.6 Å². The number of carbonyl (C=O) groups is 2. The molecule has 2 aromatic carbocycles. The number of anilines is 1. The van der Waals surface area contributed by atoms with E-state index in [1.807, 2.05) is 69.3 Å². The molecular weight excluding hydrogens is 332 g/mol. The Morgan fingerprint density at radius 3 is 2.24 bits per heavy atom. The van der Waals surface area contributed by atoms with Crippen molar-refractivity contribution in [1.29, 1.82) is 0 Å². The largest absolute Gasteiger partial charge is 0.351 e. The van der Waals surface area contributed by atoms with Crippen molar-refractivity contribution >= 4 is 29.3 Å². The van der Waals surface area contributed by atoms with Crippen molar-refractivity contribution in [3.05, 3.63) is 59.7 Å². The Morgan fingerprint density at radius 2 is 1.64 bits per heavy atom. The summed E-state index contributed by atoms with van der Waals surface area (Å²) < 4.78 is 0. The van der Waals surface area contributed by atoms with Crippen molar-refractivity contribution in [2.45, 2.75) is 32.2 Å². The summed E-state index contributed by atoms with van der Waals surface area (Å²) in [6.45, 7) is 6.23. The molecule has 2 aromatic rings. The summed E-state index contributed by atoms with van der Waals surface area (Å²) in [5, 5.41) is 5.76. The van der Waals surface area contributed by atoms with Crippen LogP contribution in [0.3, 0.4) is 0 Å². The number of hydrogen-bond donors (Lipinski definition) is 2. The van der Waals surface area contributed by atoms with Gasteiger partial charge in [0.1, 0.15) is 0 Å². The van der Waals surface area contributed by atoms with Gasteiger partial charge < -0.3 is 10.6 Å². The summed E-state index contributed by atoms with van der Waals surface area (Å²) in [6, 6.07) is 15.6. The van der Waals surface area contributed by atoms with E-state index in [2.05, 4.69) is 10.6 Å². The Bertz CT molecular complexity index is 709. The lowest BCUT2D eigenvalue weighted by atomic mass is 10.1. The van der Waals surface area contributed by atoms with Gasteiger partial charge in [0.15, 0.2) is 0 Å². The molecule has 0 aliphatic carbocycles. The van der Waals surface area contributed by atoms with Crippen LogP contribution >= 0.6 is 11.8 Å². The number of carbonyl (C=O) groups excluding carboxylic acids is 2. The summed E-state index contributed by atoms with van der Waals surface area (Å²) in [5.41, 5.74) is 2.97. The molecule has 132 valence electrons. The molecule has 4 nitrogen and oxygen atoms in total. The van der Waals surface area contributed by atoms with E-state index in [0.29, 0.717) is 12.3 Å². The standard InChI is InChI=1S/C20H24N2O2S/c1-14(2)20(24)22-17-8-6-16(7-9-17)12-21-19(23)13-25-18-10-4-15(3)5-11-18/h4-11,14H,12-13H2,1-3H3,(H,21,23)(H,22,24). The van der Waals surface area contributed by atoms with Crippen LogP contribution in [-0.2, 0) is 16.1 Å². The predicted octanol–water partition coefficient (Wildman–Crippen LogP) is 4.00. The summed E-state index contributed by atoms with van der Waals surface area (Å²) >= 11 is 1.52. The van der Waals surface area contributed by atoms with Gasteiger partial charge >= 0.3 is 0 Å². The van der Waals surface area contributed by atoms with Crippen LogP contribution in [0, 0.1) is 12.8 Å². The molecule has 0 aromatic heterocycles. The maximum atomic E-state index is 12.0. The molecule has 0 saturated heterocycles. The molecule has 5 heteroatoms. The fraction of sp³-hybridized carbons (Fsp3) is 0.300. The second-order valence-corrected chi connectivity index (χ2v) is 7.27. The van der Waals surface area contributed by atoms with Gasteiger partial charge in [-0.2, -0.15) is 0 Å². The molecule has 2 amide bonds. The Morgan fingerprint density at radius 1 is 1.00 bits per heavy atom. The minimum Gasteiger partial charge on any atom is -0.351 e. The van der Waals surface area contributed by atoms with Crippen LogP contribution in [0.5, 0.6) is 0 Å². The lowest BCUT2D eigenvalue weighted by Crippen LogP contribution is -2.24. The molecule has 0 unspecified atom stereocenters. The number of hydrogen-bond acceptors (Lipinski definition) is 3. The van der Waals surface area contributed by atoms with Crippen molar-refractivity contribution in [1.82, 2.24) is 5.32 Å². The highest BCUT2D eigenvalue weighted by atomic mass is 32.2. The quantitative estimate of drug-likeness (QED) is 0.737. The lowest BCUT2D eigenvalue weighted by molar-refractivity contribution is -0.119. The molecule has 0 atom stereocenters. The number of nitrogens with one attached hydrogen (secondary N) is 2. The van der Waals surface area contributed by atoms with Gasteiger partial charge in [0.05, 0.1) is 5.75 Å². The average Bonchev–Trinajstić information content (AvgIpc) is 2.60. The van der Waals surface area contributed by atoms with Crippen LogP contribution in [0.4, 0.5) is 5.69 Å². The van der Waals surface area contributed by atoms with E-state index < -0.39 is 0 Å². The maximum Gasteiger partial charge on any atom is 0.230 e. The highest BCUT2D eigenvalue weighted by Gasteiger charge is 2.07. The van der Waals surface area contributed by atoms with E-state index in [9.17, 15) is 9.59 Å². The molecule has 0 fully saturated rings. The molecule has 0 spiro atoms. The van der Waals surface area contributed by atoms with E-state index >= 15 is 0 Å². The second kappa shape index (κ2) is 9.28. The second-order valence-electron chi connectivity index (χ2n) is 6.22. The molecule has 0 aliphatic rings. The molecule has 0 radical (unpaired) electrons. The van der Waals surface area contributed by atoms with Gasteiger partial charge in [-0.3, -0.25) is 9.59 Å². The van der Waals surface area contributed by atoms with Crippen LogP contribution in [0.15, 0.2) is 53.4 Å². The first-order chi connectivity index (χ1) is 11.9. The van der Waals surface area contributed by atoms with Crippen LogP contribution < -0.4 is 10.6 Å². The van der Waals surface area contributed by atoms with E-state index in [1.54, 1.807) is 0 Å². The molecule has 25 heavy (non-hydrogen) atoms. The Balaban J connectivity index is 1.75. The smallest absolute Gasteiger partial charge is 0.230 e. The summed E-state index contributed by atoms with van der Waals surface area (Å²) in [6.07, 6.45) is 0. The van der Waals surface area contributed by atoms with Crippen molar-refractivity contribution in [3.63, 3.8) is 0 Å². The van der Waals surface area contributed by atoms with Crippen molar-refractivity contribution < 1.29 is 9.59 Å². The van der Waals surface area contributed by atoms with Gasteiger partial charge in [0.25, 0.3) is 0 Å². The third kappa shape index (κ3) is 6.63. The van der Waals surface area contributed by atoms with Crippen LogP contribution in [0.1, 0.15) is 25.0 Å². The zero-order valence-electron chi connectivity index (χ0n) is 14.8. The molecule has 2 N–H and O–H groups in total. The minimum absolute atomic E-state index is 0.00256. The van der Waals surface area contributed by atoms with Crippen LogP contribution in [0.25, 0.3) is 0 Å². The first kappa shape index (κ1) is 19.1. The first-order valence-electron chi connectivity index (χ1n) is 8.30. The minimum atomic E-state index is -0.0509. The number of thioether (sulfide) groups is 1. The monoisotopic (exact) mass is 356 g/mol.